The van der Waals surface area contributed by atoms with Gasteiger partial charge in [0.15, 0.2) is 22.2 Å². The van der Waals surface area contributed by atoms with Crippen LogP contribution in [0.15, 0.2) is 35.5 Å². The predicted octanol–water partition coefficient (Wildman–Crippen LogP) is 3.15. The number of benzene rings is 1. The summed E-state index contributed by atoms with van der Waals surface area (Å²) in [6.07, 6.45) is -0.297. The molecule has 0 aliphatic carbocycles. The molecular formula is C20H24N6O3S2. The van der Waals surface area contributed by atoms with Gasteiger partial charge in [0.1, 0.15) is 10.6 Å². The SMILES string of the molecule is Cc1nc(NC(=O)CSc2nnc(C(C)Oc3ccccc3)n2C)sc1C(=O)N(C)C. The number of hydrogen-bond donors (Lipinski definition) is 1. The molecule has 0 aliphatic rings. The minimum atomic E-state index is -0.297. The number of carbonyl (C=O) groups is 2. The number of nitrogens with one attached hydrogen (secondary N) is 1. The molecule has 1 atom stereocenters. The molecule has 3 rings (SSSR count). The Hall–Kier alpha value is -2.92. The highest BCUT2D eigenvalue weighted by Gasteiger charge is 2.20. The molecule has 9 nitrogen and oxygen atoms in total. The summed E-state index contributed by atoms with van der Waals surface area (Å²) in [4.78, 5) is 30.8. The van der Waals surface area contributed by atoms with Crippen LogP contribution in [0, 0.1) is 6.92 Å². The number of aromatic nitrogens is 4. The van der Waals surface area contributed by atoms with E-state index < -0.39 is 0 Å². The average Bonchev–Trinajstić information content (AvgIpc) is 3.28. The average molecular weight is 461 g/mol. The molecule has 0 fully saturated rings. The number of rotatable bonds is 8. The van der Waals surface area contributed by atoms with Crippen molar-refractivity contribution < 1.29 is 14.3 Å². The van der Waals surface area contributed by atoms with E-state index in [-0.39, 0.29) is 23.7 Å². The molecule has 2 heterocycles. The summed E-state index contributed by atoms with van der Waals surface area (Å²) < 4.78 is 7.71. The topological polar surface area (TPSA) is 102 Å². The minimum absolute atomic E-state index is 0.134. The van der Waals surface area contributed by atoms with Crippen molar-refractivity contribution in [3.05, 3.63) is 46.7 Å². The van der Waals surface area contributed by atoms with Crippen LogP contribution in [-0.2, 0) is 11.8 Å². The Morgan fingerprint density at radius 2 is 1.97 bits per heavy atom. The number of carbonyl (C=O) groups excluding carboxylic acids is 2. The molecule has 0 saturated carbocycles. The molecule has 1 unspecified atom stereocenters. The molecule has 164 valence electrons. The lowest BCUT2D eigenvalue weighted by Crippen LogP contribution is -2.21. The van der Waals surface area contributed by atoms with Crippen LogP contribution in [0.5, 0.6) is 5.75 Å². The summed E-state index contributed by atoms with van der Waals surface area (Å²) >= 11 is 2.43. The van der Waals surface area contributed by atoms with E-state index in [0.717, 1.165) is 17.1 Å². The highest BCUT2D eigenvalue weighted by Crippen LogP contribution is 2.25. The van der Waals surface area contributed by atoms with Gasteiger partial charge in [0.2, 0.25) is 5.91 Å². The van der Waals surface area contributed by atoms with Gasteiger partial charge in [-0.3, -0.25) is 9.59 Å². The van der Waals surface area contributed by atoms with E-state index in [0.29, 0.717) is 26.7 Å². The molecule has 11 heteroatoms. The van der Waals surface area contributed by atoms with Crippen LogP contribution in [0.3, 0.4) is 0 Å². The standard InChI is InChI=1S/C20H24N6O3S2/c1-12-16(18(28)25(3)4)31-19(21-12)22-15(27)11-30-20-24-23-17(26(20)5)13(2)29-14-9-7-6-8-10-14/h6-10,13H,11H2,1-5H3,(H,21,22,27). The number of hydrogen-bond acceptors (Lipinski definition) is 8. The molecular weight excluding hydrogens is 436 g/mol. The Morgan fingerprint density at radius 1 is 1.26 bits per heavy atom. The Labute approximate surface area is 188 Å². The van der Waals surface area contributed by atoms with Gasteiger partial charge in [-0.25, -0.2) is 4.98 Å². The maximum atomic E-state index is 12.4. The monoisotopic (exact) mass is 460 g/mol. The second-order valence-corrected chi connectivity index (χ2v) is 8.88. The highest BCUT2D eigenvalue weighted by molar-refractivity contribution is 7.99. The number of ether oxygens (including phenoxy) is 1. The van der Waals surface area contributed by atoms with Crippen LogP contribution in [0.25, 0.3) is 0 Å². The Morgan fingerprint density at radius 3 is 2.65 bits per heavy atom. The zero-order valence-corrected chi connectivity index (χ0v) is 19.6. The number of aryl methyl sites for hydroxylation is 1. The molecule has 3 aromatic rings. The summed E-state index contributed by atoms with van der Waals surface area (Å²) in [5.74, 6) is 1.17. The van der Waals surface area contributed by atoms with E-state index in [1.54, 1.807) is 21.0 Å². The van der Waals surface area contributed by atoms with E-state index in [4.69, 9.17) is 4.74 Å². The Bertz CT molecular complexity index is 1060. The summed E-state index contributed by atoms with van der Waals surface area (Å²) in [5.41, 5.74) is 0.594. The van der Waals surface area contributed by atoms with Crippen molar-refractivity contribution in [3.8, 4) is 5.75 Å². The third-order valence-corrected chi connectivity index (χ3v) is 6.35. The highest BCUT2D eigenvalue weighted by atomic mass is 32.2. The Balaban J connectivity index is 1.57. The fourth-order valence-electron chi connectivity index (χ4n) is 2.70. The van der Waals surface area contributed by atoms with Crippen molar-refractivity contribution in [1.82, 2.24) is 24.6 Å². The van der Waals surface area contributed by atoms with E-state index in [2.05, 4.69) is 20.5 Å². The molecule has 2 amide bonds. The Kier molecular flexibility index (Phi) is 7.29. The lowest BCUT2D eigenvalue weighted by Gasteiger charge is -2.14. The van der Waals surface area contributed by atoms with Gasteiger partial charge < -0.3 is 19.5 Å². The van der Waals surface area contributed by atoms with Crippen LogP contribution >= 0.6 is 23.1 Å². The number of anilines is 1. The third-order valence-electron chi connectivity index (χ3n) is 4.26. The van der Waals surface area contributed by atoms with Crippen LogP contribution in [0.2, 0.25) is 0 Å². The van der Waals surface area contributed by atoms with E-state index in [1.165, 1.54) is 16.7 Å². The summed E-state index contributed by atoms with van der Waals surface area (Å²) in [6.45, 7) is 3.65. The lowest BCUT2D eigenvalue weighted by molar-refractivity contribution is -0.113. The van der Waals surface area contributed by atoms with Crippen LogP contribution < -0.4 is 10.1 Å². The van der Waals surface area contributed by atoms with Gasteiger partial charge in [-0.15, -0.1) is 10.2 Å². The fourth-order valence-corrected chi connectivity index (χ4v) is 4.42. The zero-order valence-electron chi connectivity index (χ0n) is 17.9. The number of amides is 2. The van der Waals surface area contributed by atoms with Crippen molar-refractivity contribution in [2.75, 3.05) is 25.2 Å². The fraction of sp³-hybridized carbons (Fsp3) is 0.350. The summed E-state index contributed by atoms with van der Waals surface area (Å²) in [5, 5.41) is 12.1. The lowest BCUT2D eigenvalue weighted by atomic mass is 10.3. The molecule has 0 spiro atoms. The van der Waals surface area contributed by atoms with Crippen LogP contribution in [0.1, 0.15) is 34.2 Å². The van der Waals surface area contributed by atoms with Crippen molar-refractivity contribution in [3.63, 3.8) is 0 Å². The van der Waals surface area contributed by atoms with E-state index >= 15 is 0 Å². The van der Waals surface area contributed by atoms with Gasteiger partial charge in [-0.05, 0) is 26.0 Å². The molecule has 31 heavy (non-hydrogen) atoms. The molecule has 1 N–H and O–H groups in total. The maximum absolute atomic E-state index is 12.4. The van der Waals surface area contributed by atoms with Crippen LogP contribution in [-0.4, -0.2) is 56.3 Å². The van der Waals surface area contributed by atoms with Gasteiger partial charge in [0.25, 0.3) is 5.91 Å². The van der Waals surface area contributed by atoms with Crippen molar-refractivity contribution in [2.45, 2.75) is 25.1 Å². The van der Waals surface area contributed by atoms with Gasteiger partial charge in [-0.1, -0.05) is 41.3 Å². The van der Waals surface area contributed by atoms with E-state index in [9.17, 15) is 9.59 Å². The quantitative estimate of drug-likeness (QED) is 0.515. The first-order chi connectivity index (χ1) is 14.8. The summed E-state index contributed by atoms with van der Waals surface area (Å²) in [6, 6.07) is 9.49. The molecule has 0 aliphatic heterocycles. The molecule has 1 aromatic carbocycles. The normalized spacial score (nSPS) is 11.8. The molecule has 0 bridgehead atoms. The van der Waals surface area contributed by atoms with Gasteiger partial charge in [0.05, 0.1) is 11.4 Å². The van der Waals surface area contributed by atoms with Gasteiger partial charge >= 0.3 is 0 Å². The minimum Gasteiger partial charge on any atom is -0.483 e. The zero-order chi connectivity index (χ0) is 22.5. The second-order valence-electron chi connectivity index (χ2n) is 6.94. The molecule has 0 radical (unpaired) electrons. The number of thioether (sulfide) groups is 1. The first-order valence-corrected chi connectivity index (χ1v) is 11.3. The van der Waals surface area contributed by atoms with Crippen molar-refractivity contribution in [1.29, 1.82) is 0 Å². The second kappa shape index (κ2) is 9.92. The van der Waals surface area contributed by atoms with Crippen molar-refractivity contribution in [2.24, 2.45) is 7.05 Å². The van der Waals surface area contributed by atoms with Crippen LogP contribution in [0.4, 0.5) is 5.13 Å². The van der Waals surface area contributed by atoms with Crippen molar-refractivity contribution >= 4 is 40.0 Å². The smallest absolute Gasteiger partial charge is 0.265 e. The third kappa shape index (κ3) is 5.61. The number of nitrogens with zero attached hydrogens (tertiary/aromatic N) is 5. The molecule has 2 aromatic heterocycles. The largest absolute Gasteiger partial charge is 0.483 e. The summed E-state index contributed by atoms with van der Waals surface area (Å²) in [7, 11) is 5.19. The van der Waals surface area contributed by atoms with E-state index in [1.807, 2.05) is 48.9 Å². The first-order valence-electron chi connectivity index (χ1n) is 9.49. The number of thiazole rings is 1. The molecule has 0 saturated heterocycles. The van der Waals surface area contributed by atoms with Gasteiger partial charge in [0, 0.05) is 21.1 Å². The predicted molar refractivity (Wildman–Crippen MR) is 121 cm³/mol. The number of para-hydroxylation sites is 1. The first kappa shape index (κ1) is 22.8. The maximum Gasteiger partial charge on any atom is 0.265 e. The van der Waals surface area contributed by atoms with Gasteiger partial charge in [-0.2, -0.15) is 0 Å².